The fourth-order valence-corrected chi connectivity index (χ4v) is 4.94. The highest BCUT2D eigenvalue weighted by Crippen LogP contribution is 2.19. The van der Waals surface area contributed by atoms with Crippen molar-refractivity contribution in [2.45, 2.75) is 23.8 Å². The van der Waals surface area contributed by atoms with Crippen LogP contribution in [-0.4, -0.2) is 67.7 Å². The number of hydrogen-bond acceptors (Lipinski definition) is 6. The number of hydrogen-bond donors (Lipinski definition) is 5. The number of likely N-dealkylation sites (tertiary alicyclic amines) is 1. The fraction of sp³-hybridized carbons (Fsp3) is 0.304. The number of nitrogen functional groups attached to an aromatic ring is 1. The fourth-order valence-electron chi connectivity index (χ4n) is 3.73. The molecule has 0 aromatic heterocycles. The van der Waals surface area contributed by atoms with Crippen LogP contribution in [0.3, 0.4) is 0 Å². The molecule has 11 nitrogen and oxygen atoms in total. The van der Waals surface area contributed by atoms with Crippen LogP contribution in [0.5, 0.6) is 0 Å². The molecule has 2 aromatic rings. The molecule has 0 radical (unpaired) electrons. The Kier molecular flexibility index (Phi) is 8.20. The molecule has 0 spiro atoms. The molecular formula is C23H27N5O6S. The Morgan fingerprint density at radius 3 is 2.31 bits per heavy atom. The molecule has 1 saturated heterocycles. The Bertz CT molecular complexity index is 1200. The highest BCUT2D eigenvalue weighted by Gasteiger charge is 2.31. The molecule has 2 aromatic carbocycles. The first-order chi connectivity index (χ1) is 16.6. The van der Waals surface area contributed by atoms with E-state index in [1.807, 2.05) is 0 Å². The van der Waals surface area contributed by atoms with E-state index in [2.05, 4.69) is 10.0 Å². The highest BCUT2D eigenvalue weighted by molar-refractivity contribution is 7.89. The Morgan fingerprint density at radius 1 is 1.09 bits per heavy atom. The second kappa shape index (κ2) is 11.1. The van der Waals surface area contributed by atoms with E-state index in [4.69, 9.17) is 11.1 Å². The van der Waals surface area contributed by atoms with Gasteiger partial charge in [0, 0.05) is 30.8 Å². The summed E-state index contributed by atoms with van der Waals surface area (Å²) in [5.41, 5.74) is 6.33. The van der Waals surface area contributed by atoms with Crippen molar-refractivity contribution in [3.8, 4) is 0 Å². The van der Waals surface area contributed by atoms with E-state index in [0.29, 0.717) is 30.5 Å². The van der Waals surface area contributed by atoms with Gasteiger partial charge in [0.15, 0.2) is 0 Å². The third-order valence-electron chi connectivity index (χ3n) is 5.65. The molecule has 0 saturated carbocycles. The number of benzene rings is 2. The van der Waals surface area contributed by atoms with Gasteiger partial charge in [-0.15, -0.1) is 0 Å². The second-order valence-corrected chi connectivity index (χ2v) is 9.87. The summed E-state index contributed by atoms with van der Waals surface area (Å²) in [7, 11) is -4.09. The van der Waals surface area contributed by atoms with Gasteiger partial charge in [0.2, 0.25) is 15.9 Å². The number of rotatable bonds is 9. The minimum Gasteiger partial charge on any atom is -0.480 e. The average molecular weight is 502 g/mol. The number of sulfonamides is 1. The van der Waals surface area contributed by atoms with Crippen LogP contribution in [-0.2, 0) is 19.6 Å². The van der Waals surface area contributed by atoms with Crippen LogP contribution in [0.25, 0.3) is 0 Å². The minimum absolute atomic E-state index is 0.0876. The zero-order valence-electron chi connectivity index (χ0n) is 18.8. The number of carbonyl (C=O) groups excluding carboxylic acids is 2. The van der Waals surface area contributed by atoms with E-state index in [9.17, 15) is 27.9 Å². The number of nitrogens with two attached hydrogens (primary N) is 1. The number of carbonyl (C=O) groups is 3. The number of carboxylic acids is 1. The summed E-state index contributed by atoms with van der Waals surface area (Å²) in [6.45, 7) is 0.162. The van der Waals surface area contributed by atoms with Crippen LogP contribution in [0.15, 0.2) is 59.5 Å². The van der Waals surface area contributed by atoms with E-state index >= 15 is 0 Å². The quantitative estimate of drug-likeness (QED) is 0.243. The molecule has 2 atom stereocenters. The first kappa shape index (κ1) is 25.8. The van der Waals surface area contributed by atoms with Crippen molar-refractivity contribution in [2.75, 3.05) is 19.6 Å². The Morgan fingerprint density at radius 2 is 1.71 bits per heavy atom. The predicted octanol–water partition coefficient (Wildman–Crippen LogP) is 0.371. The molecule has 0 bridgehead atoms. The molecule has 186 valence electrons. The van der Waals surface area contributed by atoms with Gasteiger partial charge in [-0.2, -0.15) is 4.72 Å². The lowest BCUT2D eigenvalue weighted by Gasteiger charge is -2.32. The van der Waals surface area contributed by atoms with Gasteiger partial charge in [-0.1, -0.05) is 30.3 Å². The monoisotopic (exact) mass is 501 g/mol. The number of nitrogens with zero attached hydrogens (tertiary/aromatic N) is 1. The van der Waals surface area contributed by atoms with Gasteiger partial charge < -0.3 is 21.1 Å². The zero-order chi connectivity index (χ0) is 25.6. The number of aliphatic carboxylic acids is 1. The molecule has 1 unspecified atom stereocenters. The van der Waals surface area contributed by atoms with Gasteiger partial charge in [-0.05, 0) is 37.1 Å². The van der Waals surface area contributed by atoms with Crippen molar-refractivity contribution >= 4 is 33.6 Å². The molecular weight excluding hydrogens is 474 g/mol. The maximum Gasteiger partial charge on any atom is 0.323 e. The minimum atomic E-state index is -4.09. The van der Waals surface area contributed by atoms with Crippen molar-refractivity contribution in [1.29, 1.82) is 5.41 Å². The normalized spacial score (nSPS) is 16.8. The third kappa shape index (κ3) is 6.64. The molecule has 2 amide bonds. The standard InChI is InChI=1S/C23H27N5O6S/c24-20(25)15-8-10-16(11-9-15)22(30)28-12-4-5-17(14-28)21(29)26-13-19(23(31)32)27-35(33,34)18-6-2-1-3-7-18/h1-3,6-11,17,19,27H,4-5,12-14H2,(H3,24,25)(H,26,29)(H,31,32)/t17?,19-/m0/s1. The van der Waals surface area contributed by atoms with Crippen molar-refractivity contribution in [3.63, 3.8) is 0 Å². The lowest BCUT2D eigenvalue weighted by Crippen LogP contribution is -2.51. The molecule has 1 aliphatic heterocycles. The molecule has 6 N–H and O–H groups in total. The summed E-state index contributed by atoms with van der Waals surface area (Å²) in [5.74, 6) is -2.83. The van der Waals surface area contributed by atoms with Crippen LogP contribution < -0.4 is 15.8 Å². The van der Waals surface area contributed by atoms with E-state index in [-0.39, 0.29) is 23.2 Å². The van der Waals surface area contributed by atoms with Gasteiger partial charge in [-0.25, -0.2) is 8.42 Å². The number of carboxylic acid groups (broad SMARTS) is 1. The van der Waals surface area contributed by atoms with Crippen LogP contribution in [0.1, 0.15) is 28.8 Å². The molecule has 1 fully saturated rings. The van der Waals surface area contributed by atoms with Gasteiger partial charge >= 0.3 is 5.97 Å². The zero-order valence-corrected chi connectivity index (χ0v) is 19.6. The maximum absolute atomic E-state index is 12.9. The summed E-state index contributed by atoms with van der Waals surface area (Å²) in [6, 6.07) is 12.1. The average Bonchev–Trinajstić information content (AvgIpc) is 2.86. The summed E-state index contributed by atoms with van der Waals surface area (Å²) in [5, 5.41) is 19.4. The van der Waals surface area contributed by atoms with Crippen LogP contribution in [0, 0.1) is 11.3 Å². The van der Waals surface area contributed by atoms with Crippen LogP contribution in [0.2, 0.25) is 0 Å². The Labute approximate surface area is 202 Å². The van der Waals surface area contributed by atoms with Gasteiger partial charge in [0.05, 0.1) is 10.8 Å². The smallest absolute Gasteiger partial charge is 0.323 e. The second-order valence-electron chi connectivity index (χ2n) is 8.15. The Hall–Kier alpha value is -3.77. The molecule has 1 aliphatic rings. The largest absolute Gasteiger partial charge is 0.480 e. The first-order valence-electron chi connectivity index (χ1n) is 10.9. The first-order valence-corrected chi connectivity index (χ1v) is 12.4. The topological polar surface area (TPSA) is 183 Å². The van der Waals surface area contributed by atoms with Crippen LogP contribution >= 0.6 is 0 Å². The molecule has 3 rings (SSSR count). The van der Waals surface area contributed by atoms with Crippen molar-refractivity contribution in [3.05, 3.63) is 65.7 Å². The van der Waals surface area contributed by atoms with Crippen LogP contribution in [0.4, 0.5) is 0 Å². The molecule has 35 heavy (non-hydrogen) atoms. The summed E-state index contributed by atoms with van der Waals surface area (Å²) < 4.78 is 27.0. The van der Waals surface area contributed by atoms with Crippen molar-refractivity contribution in [1.82, 2.24) is 14.9 Å². The number of nitrogens with one attached hydrogen (secondary N) is 3. The predicted molar refractivity (Wildman–Crippen MR) is 127 cm³/mol. The van der Waals surface area contributed by atoms with E-state index < -0.39 is 40.4 Å². The van der Waals surface area contributed by atoms with Gasteiger partial charge in [0.1, 0.15) is 11.9 Å². The molecule has 1 heterocycles. The number of amides is 2. The van der Waals surface area contributed by atoms with E-state index in [0.717, 1.165) is 0 Å². The lowest BCUT2D eigenvalue weighted by atomic mass is 9.96. The van der Waals surface area contributed by atoms with Gasteiger partial charge in [0.25, 0.3) is 5.91 Å². The van der Waals surface area contributed by atoms with Crippen molar-refractivity contribution in [2.24, 2.45) is 11.7 Å². The number of piperidine rings is 1. The summed E-state index contributed by atoms with van der Waals surface area (Å²) >= 11 is 0. The van der Waals surface area contributed by atoms with E-state index in [1.54, 1.807) is 35.2 Å². The van der Waals surface area contributed by atoms with Crippen molar-refractivity contribution < 1.29 is 27.9 Å². The molecule has 12 heteroatoms. The van der Waals surface area contributed by atoms with E-state index in [1.165, 1.54) is 24.3 Å². The summed E-state index contributed by atoms with van der Waals surface area (Å²) in [4.78, 5) is 38.6. The third-order valence-corrected chi connectivity index (χ3v) is 7.14. The molecule has 0 aliphatic carbocycles. The maximum atomic E-state index is 12.9. The number of amidine groups is 1. The highest BCUT2D eigenvalue weighted by atomic mass is 32.2. The Balaban J connectivity index is 1.59. The summed E-state index contributed by atoms with van der Waals surface area (Å²) in [6.07, 6.45) is 1.09. The SMILES string of the molecule is N=C(N)c1ccc(C(=O)N2CCCC(C(=O)NC[C@H](NS(=O)(=O)c3ccccc3)C(=O)O)C2)cc1. The lowest BCUT2D eigenvalue weighted by molar-refractivity contribution is -0.139. The van der Waals surface area contributed by atoms with Gasteiger partial charge in [-0.3, -0.25) is 19.8 Å².